The molecule has 2 rings (SSSR count). The molecule has 110 valence electrons. The molecule has 0 atom stereocenters. The van der Waals surface area contributed by atoms with E-state index in [1.165, 1.54) is 0 Å². The molecule has 1 N–H and O–H groups in total. The molecule has 2 heterocycles. The van der Waals surface area contributed by atoms with Crippen LogP contribution in [0, 0.1) is 13.8 Å². The molecular formula is C15H24N4O. The van der Waals surface area contributed by atoms with Crippen molar-refractivity contribution in [3.63, 3.8) is 0 Å². The predicted molar refractivity (Wildman–Crippen MR) is 78.7 cm³/mol. The third-order valence-electron chi connectivity index (χ3n) is 3.81. The summed E-state index contributed by atoms with van der Waals surface area (Å²) in [6.45, 7) is 8.62. The van der Waals surface area contributed by atoms with E-state index in [2.05, 4.69) is 22.2 Å². The van der Waals surface area contributed by atoms with Crippen molar-refractivity contribution in [2.24, 2.45) is 0 Å². The normalized spacial score (nSPS) is 16.1. The van der Waals surface area contributed by atoms with Crippen molar-refractivity contribution < 1.29 is 4.79 Å². The first-order valence-corrected chi connectivity index (χ1v) is 7.45. The second-order valence-electron chi connectivity index (χ2n) is 5.40. The number of carbonyl (C=O) groups is 1. The van der Waals surface area contributed by atoms with Crippen molar-refractivity contribution in [2.75, 3.05) is 19.6 Å². The SMILES string of the molecule is CCCN(C(=O)c1cnc(C)nc1C)C1CCNCC1. The number of rotatable bonds is 4. The summed E-state index contributed by atoms with van der Waals surface area (Å²) in [5.74, 6) is 0.791. The number of piperidine rings is 1. The van der Waals surface area contributed by atoms with Crippen molar-refractivity contribution in [3.05, 3.63) is 23.3 Å². The van der Waals surface area contributed by atoms with Gasteiger partial charge in [0.2, 0.25) is 0 Å². The van der Waals surface area contributed by atoms with Gasteiger partial charge in [0.1, 0.15) is 5.82 Å². The number of nitrogens with one attached hydrogen (secondary N) is 1. The van der Waals surface area contributed by atoms with Gasteiger partial charge in [-0.05, 0) is 46.2 Å². The van der Waals surface area contributed by atoms with Crippen molar-refractivity contribution in [3.8, 4) is 0 Å². The lowest BCUT2D eigenvalue weighted by atomic mass is 10.0. The summed E-state index contributed by atoms with van der Waals surface area (Å²) in [6, 6.07) is 0.337. The van der Waals surface area contributed by atoms with Crippen LogP contribution >= 0.6 is 0 Å². The summed E-state index contributed by atoms with van der Waals surface area (Å²) in [5.41, 5.74) is 1.42. The van der Waals surface area contributed by atoms with Crippen LogP contribution in [0.4, 0.5) is 0 Å². The van der Waals surface area contributed by atoms with Gasteiger partial charge < -0.3 is 10.2 Å². The zero-order chi connectivity index (χ0) is 14.5. The molecule has 0 spiro atoms. The summed E-state index contributed by atoms with van der Waals surface area (Å²) in [7, 11) is 0. The first-order valence-electron chi connectivity index (χ1n) is 7.45. The van der Waals surface area contributed by atoms with Gasteiger partial charge in [-0.15, -0.1) is 0 Å². The van der Waals surface area contributed by atoms with Gasteiger partial charge in [0, 0.05) is 18.8 Å². The number of nitrogens with zero attached hydrogens (tertiary/aromatic N) is 3. The average molecular weight is 276 g/mol. The molecule has 1 aromatic rings. The molecule has 1 aromatic heterocycles. The molecule has 0 saturated carbocycles. The van der Waals surface area contributed by atoms with E-state index < -0.39 is 0 Å². The highest BCUT2D eigenvalue weighted by molar-refractivity contribution is 5.95. The number of aryl methyl sites for hydroxylation is 2. The van der Waals surface area contributed by atoms with Gasteiger partial charge >= 0.3 is 0 Å². The lowest BCUT2D eigenvalue weighted by Gasteiger charge is -2.34. The third kappa shape index (κ3) is 3.33. The van der Waals surface area contributed by atoms with Gasteiger partial charge in [0.05, 0.1) is 11.3 Å². The second kappa shape index (κ2) is 6.79. The molecule has 0 bridgehead atoms. The Morgan fingerprint density at radius 3 is 2.70 bits per heavy atom. The maximum absolute atomic E-state index is 12.8. The molecule has 5 heteroatoms. The predicted octanol–water partition coefficient (Wildman–Crippen LogP) is 1.70. The Morgan fingerprint density at radius 2 is 2.10 bits per heavy atom. The largest absolute Gasteiger partial charge is 0.335 e. The average Bonchev–Trinajstić information content (AvgIpc) is 2.45. The van der Waals surface area contributed by atoms with Crippen LogP contribution in [0.2, 0.25) is 0 Å². The standard InChI is InChI=1S/C15H24N4O/c1-4-9-19(13-5-7-16-8-6-13)15(20)14-10-17-12(3)18-11(14)2/h10,13,16H,4-9H2,1-3H3. The number of amides is 1. The first-order chi connectivity index (χ1) is 9.63. The molecule has 0 aliphatic carbocycles. The van der Waals surface area contributed by atoms with E-state index in [0.717, 1.165) is 44.6 Å². The lowest BCUT2D eigenvalue weighted by molar-refractivity contribution is 0.0641. The van der Waals surface area contributed by atoms with Crippen molar-refractivity contribution in [1.82, 2.24) is 20.2 Å². The third-order valence-corrected chi connectivity index (χ3v) is 3.81. The fourth-order valence-electron chi connectivity index (χ4n) is 2.76. The van der Waals surface area contributed by atoms with Crippen molar-refractivity contribution in [2.45, 2.75) is 46.1 Å². The fourth-order valence-corrected chi connectivity index (χ4v) is 2.76. The summed E-state index contributed by atoms with van der Waals surface area (Å²) < 4.78 is 0. The molecule has 1 saturated heterocycles. The van der Waals surface area contributed by atoms with Crippen LogP contribution < -0.4 is 5.32 Å². The molecule has 0 unspecified atom stereocenters. The monoisotopic (exact) mass is 276 g/mol. The van der Waals surface area contributed by atoms with Crippen LogP contribution in [0.3, 0.4) is 0 Å². The topological polar surface area (TPSA) is 58.1 Å². The Balaban J connectivity index is 2.21. The van der Waals surface area contributed by atoms with E-state index in [4.69, 9.17) is 0 Å². The quantitative estimate of drug-likeness (QED) is 0.909. The second-order valence-corrected chi connectivity index (χ2v) is 5.40. The maximum Gasteiger partial charge on any atom is 0.257 e. The highest BCUT2D eigenvalue weighted by Crippen LogP contribution is 2.17. The van der Waals surface area contributed by atoms with Gasteiger partial charge in [-0.2, -0.15) is 0 Å². The molecule has 20 heavy (non-hydrogen) atoms. The van der Waals surface area contributed by atoms with E-state index in [0.29, 0.717) is 17.4 Å². The minimum Gasteiger partial charge on any atom is -0.335 e. The number of hydrogen-bond acceptors (Lipinski definition) is 4. The minimum atomic E-state index is 0.0799. The molecule has 5 nitrogen and oxygen atoms in total. The molecule has 1 aliphatic heterocycles. The number of hydrogen-bond donors (Lipinski definition) is 1. The summed E-state index contributed by atoms with van der Waals surface area (Å²) in [6.07, 6.45) is 4.69. The Kier molecular flexibility index (Phi) is 5.06. The van der Waals surface area contributed by atoms with Gasteiger partial charge in [-0.1, -0.05) is 6.92 Å². The zero-order valence-electron chi connectivity index (χ0n) is 12.6. The molecule has 0 aromatic carbocycles. The van der Waals surface area contributed by atoms with E-state index in [9.17, 15) is 4.79 Å². The summed E-state index contributed by atoms with van der Waals surface area (Å²) in [4.78, 5) is 23.3. The number of aromatic nitrogens is 2. The molecule has 1 aliphatic rings. The van der Waals surface area contributed by atoms with Crippen LogP contribution in [-0.2, 0) is 0 Å². The van der Waals surface area contributed by atoms with Crippen LogP contribution in [0.25, 0.3) is 0 Å². The van der Waals surface area contributed by atoms with E-state index >= 15 is 0 Å². The molecule has 0 radical (unpaired) electrons. The van der Waals surface area contributed by atoms with Crippen LogP contribution in [0.5, 0.6) is 0 Å². The summed E-state index contributed by atoms with van der Waals surface area (Å²) in [5, 5.41) is 3.35. The van der Waals surface area contributed by atoms with Crippen molar-refractivity contribution >= 4 is 5.91 Å². The van der Waals surface area contributed by atoms with Crippen molar-refractivity contribution in [1.29, 1.82) is 0 Å². The Morgan fingerprint density at radius 1 is 1.40 bits per heavy atom. The van der Waals surface area contributed by atoms with Crippen LogP contribution in [0.1, 0.15) is 48.1 Å². The van der Waals surface area contributed by atoms with Gasteiger partial charge in [0.15, 0.2) is 0 Å². The maximum atomic E-state index is 12.8. The lowest BCUT2D eigenvalue weighted by Crippen LogP contribution is -2.46. The fraction of sp³-hybridized carbons (Fsp3) is 0.667. The summed E-state index contributed by atoms with van der Waals surface area (Å²) >= 11 is 0. The Labute approximate surface area is 120 Å². The molecular weight excluding hydrogens is 252 g/mol. The number of carbonyl (C=O) groups excluding carboxylic acids is 1. The zero-order valence-corrected chi connectivity index (χ0v) is 12.6. The Bertz CT molecular complexity index is 469. The van der Waals surface area contributed by atoms with Crippen LogP contribution in [0.15, 0.2) is 6.20 Å². The minimum absolute atomic E-state index is 0.0799. The van der Waals surface area contributed by atoms with Gasteiger partial charge in [0.25, 0.3) is 5.91 Å². The van der Waals surface area contributed by atoms with Gasteiger partial charge in [-0.25, -0.2) is 9.97 Å². The van der Waals surface area contributed by atoms with E-state index in [1.807, 2.05) is 18.7 Å². The highest BCUT2D eigenvalue weighted by atomic mass is 16.2. The van der Waals surface area contributed by atoms with Gasteiger partial charge in [-0.3, -0.25) is 4.79 Å². The molecule has 1 amide bonds. The molecule has 1 fully saturated rings. The first kappa shape index (κ1) is 14.9. The van der Waals surface area contributed by atoms with Crippen LogP contribution in [-0.4, -0.2) is 46.5 Å². The smallest absolute Gasteiger partial charge is 0.257 e. The van der Waals surface area contributed by atoms with E-state index in [-0.39, 0.29) is 5.91 Å². The Hall–Kier alpha value is -1.49. The highest BCUT2D eigenvalue weighted by Gasteiger charge is 2.26. The van der Waals surface area contributed by atoms with E-state index in [1.54, 1.807) is 6.20 Å².